The molecule has 0 spiro atoms. The first-order valence-corrected chi connectivity index (χ1v) is 14.7. The van der Waals surface area contributed by atoms with Crippen molar-refractivity contribution in [2.24, 2.45) is 5.92 Å². The Morgan fingerprint density at radius 1 is 0.977 bits per heavy atom. The molecular formula is C33H41N3O7. The molecule has 10 nitrogen and oxygen atoms in total. The van der Waals surface area contributed by atoms with Gasteiger partial charge >= 0.3 is 18.2 Å². The van der Waals surface area contributed by atoms with Crippen LogP contribution in [0.5, 0.6) is 0 Å². The number of nitrogens with zero attached hydrogens (tertiary/aromatic N) is 2. The first kappa shape index (κ1) is 31.6. The first-order valence-electron chi connectivity index (χ1n) is 14.7. The van der Waals surface area contributed by atoms with Crippen molar-refractivity contribution >= 4 is 29.1 Å². The number of nitrogens with one attached hydrogen (secondary N) is 1. The highest BCUT2D eigenvalue weighted by Gasteiger charge is 2.30. The van der Waals surface area contributed by atoms with Crippen LogP contribution in [0.3, 0.4) is 0 Å². The number of ether oxygens (including phenoxy) is 3. The summed E-state index contributed by atoms with van der Waals surface area (Å²) in [6.07, 6.45) is 1.38. The zero-order valence-electron chi connectivity index (χ0n) is 25.4. The zero-order valence-corrected chi connectivity index (χ0v) is 25.4. The second-order valence-electron chi connectivity index (χ2n) is 11.8. The van der Waals surface area contributed by atoms with Gasteiger partial charge in [0, 0.05) is 37.1 Å². The molecule has 0 radical (unpaired) electrons. The molecule has 230 valence electrons. The standard InChI is InChI=1S/C33H41N3O7/c1-33(2,3)43-32(40)35-19-15-23(16-20-35)21-26-28(30(38)41-4)36(27-14-9-8-13-25(27)29(26)37)18-10-17-34-31(39)42-22-24-11-6-5-7-12-24/h5-9,11-14,23H,10,15-22H2,1-4H3,(H,34,39). The van der Waals surface area contributed by atoms with Gasteiger partial charge in [0.2, 0.25) is 0 Å². The third-order valence-corrected chi connectivity index (χ3v) is 7.45. The van der Waals surface area contributed by atoms with E-state index in [4.69, 9.17) is 14.2 Å². The Labute approximate surface area is 251 Å². The number of para-hydroxylation sites is 1. The minimum absolute atomic E-state index is 0.102. The minimum Gasteiger partial charge on any atom is -0.464 e. The van der Waals surface area contributed by atoms with Crippen LogP contribution in [0.15, 0.2) is 59.4 Å². The number of alkyl carbamates (subject to hydrolysis) is 1. The van der Waals surface area contributed by atoms with Crippen LogP contribution in [0.1, 0.15) is 61.6 Å². The normalized spacial score (nSPS) is 13.9. The zero-order chi connectivity index (χ0) is 31.0. The number of aryl methyl sites for hydroxylation is 1. The van der Waals surface area contributed by atoms with Crippen molar-refractivity contribution in [2.45, 2.75) is 65.2 Å². The van der Waals surface area contributed by atoms with Gasteiger partial charge < -0.3 is 29.0 Å². The van der Waals surface area contributed by atoms with Crippen LogP contribution in [0, 0.1) is 5.92 Å². The number of rotatable bonds is 9. The van der Waals surface area contributed by atoms with Crippen LogP contribution in [-0.2, 0) is 33.8 Å². The Balaban J connectivity index is 1.49. The molecule has 1 fully saturated rings. The fourth-order valence-corrected chi connectivity index (χ4v) is 5.34. The molecule has 2 heterocycles. The van der Waals surface area contributed by atoms with Crippen molar-refractivity contribution in [3.05, 3.63) is 81.6 Å². The van der Waals surface area contributed by atoms with Gasteiger partial charge in [0.25, 0.3) is 0 Å². The summed E-state index contributed by atoms with van der Waals surface area (Å²) in [5, 5.41) is 3.28. The molecule has 2 aromatic carbocycles. The lowest BCUT2D eigenvalue weighted by molar-refractivity contribution is 0.0184. The van der Waals surface area contributed by atoms with Gasteiger partial charge in [-0.1, -0.05) is 42.5 Å². The van der Waals surface area contributed by atoms with Gasteiger partial charge in [-0.2, -0.15) is 0 Å². The highest BCUT2D eigenvalue weighted by Crippen LogP contribution is 2.26. The van der Waals surface area contributed by atoms with Gasteiger partial charge in [0.1, 0.15) is 17.9 Å². The molecular weight excluding hydrogens is 550 g/mol. The number of carbonyl (C=O) groups excluding carboxylic acids is 3. The molecule has 0 atom stereocenters. The lowest BCUT2D eigenvalue weighted by Gasteiger charge is -2.33. The molecule has 4 rings (SSSR count). The van der Waals surface area contributed by atoms with E-state index in [9.17, 15) is 19.2 Å². The maximum Gasteiger partial charge on any atom is 0.410 e. The third-order valence-electron chi connectivity index (χ3n) is 7.45. The second-order valence-corrected chi connectivity index (χ2v) is 11.8. The molecule has 43 heavy (non-hydrogen) atoms. The second kappa shape index (κ2) is 14.2. The molecule has 1 aromatic heterocycles. The predicted octanol–water partition coefficient (Wildman–Crippen LogP) is 5.29. The van der Waals surface area contributed by atoms with Gasteiger partial charge in [-0.15, -0.1) is 0 Å². The number of piperidine rings is 1. The third kappa shape index (κ3) is 8.37. The molecule has 0 bridgehead atoms. The average Bonchev–Trinajstić information content (AvgIpc) is 2.99. The van der Waals surface area contributed by atoms with Crippen molar-refractivity contribution in [3.8, 4) is 0 Å². The number of aromatic nitrogens is 1. The van der Waals surface area contributed by atoms with Crippen molar-refractivity contribution in [1.29, 1.82) is 0 Å². The molecule has 0 unspecified atom stereocenters. The van der Waals surface area contributed by atoms with Crippen LogP contribution in [-0.4, -0.2) is 60.0 Å². The summed E-state index contributed by atoms with van der Waals surface area (Å²) in [5.41, 5.74) is 1.40. The number of methoxy groups -OCH3 is 1. The molecule has 0 aliphatic carbocycles. The largest absolute Gasteiger partial charge is 0.464 e. The van der Waals surface area contributed by atoms with Crippen LogP contribution in [0.2, 0.25) is 0 Å². The number of likely N-dealkylation sites (tertiary alicyclic amines) is 1. The first-order chi connectivity index (χ1) is 20.6. The number of esters is 1. The van der Waals surface area contributed by atoms with Crippen molar-refractivity contribution in [1.82, 2.24) is 14.8 Å². The summed E-state index contributed by atoms with van der Waals surface area (Å²) in [6.45, 7) is 7.40. The minimum atomic E-state index is -0.584. The number of pyridine rings is 1. The van der Waals surface area contributed by atoms with Gasteiger partial charge in [-0.3, -0.25) is 4.79 Å². The highest BCUT2D eigenvalue weighted by molar-refractivity contribution is 5.93. The molecule has 1 N–H and O–H groups in total. The van der Waals surface area contributed by atoms with Gasteiger partial charge in [-0.05, 0) is 70.1 Å². The van der Waals surface area contributed by atoms with Crippen molar-refractivity contribution < 1.29 is 28.6 Å². The summed E-state index contributed by atoms with van der Waals surface area (Å²) in [6, 6.07) is 16.6. The molecule has 1 aliphatic rings. The van der Waals surface area contributed by atoms with Gasteiger partial charge in [0.05, 0.1) is 12.6 Å². The van der Waals surface area contributed by atoms with E-state index in [0.717, 1.165) is 5.56 Å². The summed E-state index contributed by atoms with van der Waals surface area (Å²) in [7, 11) is 1.31. The molecule has 1 aliphatic heterocycles. The number of benzene rings is 2. The topological polar surface area (TPSA) is 116 Å². The van der Waals surface area contributed by atoms with E-state index in [1.54, 1.807) is 17.0 Å². The fourth-order valence-electron chi connectivity index (χ4n) is 5.34. The van der Waals surface area contributed by atoms with E-state index in [1.807, 2.05) is 67.8 Å². The fraction of sp³-hybridized carbons (Fsp3) is 0.455. The summed E-state index contributed by atoms with van der Waals surface area (Å²) < 4.78 is 17.8. The molecule has 3 aromatic rings. The molecule has 10 heteroatoms. The summed E-state index contributed by atoms with van der Waals surface area (Å²) in [5.74, 6) is -0.482. The van der Waals surface area contributed by atoms with E-state index in [-0.39, 0.29) is 29.7 Å². The van der Waals surface area contributed by atoms with Crippen LogP contribution < -0.4 is 10.7 Å². The van der Waals surface area contributed by atoms with E-state index in [1.165, 1.54) is 7.11 Å². The van der Waals surface area contributed by atoms with E-state index in [2.05, 4.69) is 5.32 Å². The summed E-state index contributed by atoms with van der Waals surface area (Å²) in [4.78, 5) is 53.4. The lowest BCUT2D eigenvalue weighted by atomic mass is 9.88. The monoisotopic (exact) mass is 591 g/mol. The van der Waals surface area contributed by atoms with E-state index >= 15 is 0 Å². The van der Waals surface area contributed by atoms with Crippen LogP contribution in [0.4, 0.5) is 9.59 Å². The average molecular weight is 592 g/mol. The Hall–Kier alpha value is -4.34. The Morgan fingerprint density at radius 3 is 2.33 bits per heavy atom. The maximum absolute atomic E-state index is 13.8. The van der Waals surface area contributed by atoms with E-state index in [0.29, 0.717) is 68.3 Å². The predicted molar refractivity (Wildman–Crippen MR) is 163 cm³/mol. The number of fused-ring (bicyclic) bond motifs is 1. The Bertz CT molecular complexity index is 1490. The summed E-state index contributed by atoms with van der Waals surface area (Å²) >= 11 is 0. The quantitative estimate of drug-likeness (QED) is 0.204. The molecule has 2 amide bonds. The SMILES string of the molecule is COC(=O)c1c(CC2CCN(C(=O)OC(C)(C)C)CC2)c(=O)c2ccccc2n1CCCNC(=O)OCc1ccccc1. The number of amides is 2. The lowest BCUT2D eigenvalue weighted by Crippen LogP contribution is -2.42. The highest BCUT2D eigenvalue weighted by atomic mass is 16.6. The smallest absolute Gasteiger partial charge is 0.410 e. The Morgan fingerprint density at radius 2 is 1.65 bits per heavy atom. The number of hydrogen-bond acceptors (Lipinski definition) is 7. The van der Waals surface area contributed by atoms with Crippen LogP contribution >= 0.6 is 0 Å². The van der Waals surface area contributed by atoms with Crippen LogP contribution in [0.25, 0.3) is 10.9 Å². The van der Waals surface area contributed by atoms with Gasteiger partial charge in [0.15, 0.2) is 5.43 Å². The van der Waals surface area contributed by atoms with Crippen molar-refractivity contribution in [3.63, 3.8) is 0 Å². The van der Waals surface area contributed by atoms with E-state index < -0.39 is 17.7 Å². The maximum atomic E-state index is 13.8. The number of carbonyl (C=O) groups is 3. The van der Waals surface area contributed by atoms with Crippen molar-refractivity contribution in [2.75, 3.05) is 26.7 Å². The van der Waals surface area contributed by atoms with Gasteiger partial charge in [-0.25, -0.2) is 14.4 Å². The molecule has 0 saturated carbocycles. The molecule has 1 saturated heterocycles. The Kier molecular flexibility index (Phi) is 10.4. The number of hydrogen-bond donors (Lipinski definition) is 1.